The third-order valence-corrected chi connectivity index (χ3v) is 4.27. The van der Waals surface area contributed by atoms with Crippen LogP contribution in [0.15, 0.2) is 0 Å². The lowest BCUT2D eigenvalue weighted by atomic mass is 9.94. The first-order valence-electron chi connectivity index (χ1n) is 7.77. The van der Waals surface area contributed by atoms with Gasteiger partial charge in [-0.15, -0.1) is 0 Å². The Kier molecular flexibility index (Phi) is 5.22. The Hall–Kier alpha value is -0.610. The summed E-state index contributed by atoms with van der Waals surface area (Å²) in [4.78, 5) is 14.5. The van der Waals surface area contributed by atoms with Crippen LogP contribution in [0.2, 0.25) is 0 Å². The zero-order valence-electron chi connectivity index (χ0n) is 12.3. The van der Waals surface area contributed by atoms with E-state index in [0.717, 1.165) is 51.6 Å². The van der Waals surface area contributed by atoms with E-state index in [9.17, 15) is 4.79 Å². The molecular formula is C15H27NO3. The molecule has 2 saturated heterocycles. The molecular weight excluding hydrogens is 242 g/mol. The molecule has 2 aliphatic heterocycles. The van der Waals surface area contributed by atoms with Gasteiger partial charge in [-0.3, -0.25) is 4.79 Å². The van der Waals surface area contributed by atoms with E-state index in [4.69, 9.17) is 9.47 Å². The van der Waals surface area contributed by atoms with Crippen LogP contribution in [0.3, 0.4) is 0 Å². The minimum absolute atomic E-state index is 0.217. The van der Waals surface area contributed by atoms with Gasteiger partial charge >= 0.3 is 0 Å². The van der Waals surface area contributed by atoms with Crippen molar-refractivity contribution in [3.8, 4) is 0 Å². The van der Waals surface area contributed by atoms with Crippen LogP contribution >= 0.6 is 0 Å². The average molecular weight is 269 g/mol. The highest BCUT2D eigenvalue weighted by atomic mass is 16.7. The highest BCUT2D eigenvalue weighted by Crippen LogP contribution is 2.32. The first-order chi connectivity index (χ1) is 9.21. The van der Waals surface area contributed by atoms with E-state index in [1.165, 1.54) is 0 Å². The molecule has 1 amide bonds. The number of rotatable bonds is 5. The third-order valence-electron chi connectivity index (χ3n) is 4.27. The normalized spacial score (nSPS) is 22.4. The molecule has 4 heteroatoms. The first kappa shape index (κ1) is 14.8. The summed E-state index contributed by atoms with van der Waals surface area (Å²) >= 11 is 0. The summed E-state index contributed by atoms with van der Waals surface area (Å²) < 4.78 is 11.4. The van der Waals surface area contributed by atoms with Crippen molar-refractivity contribution in [1.29, 1.82) is 0 Å². The van der Waals surface area contributed by atoms with E-state index in [2.05, 4.69) is 13.8 Å². The molecule has 4 nitrogen and oxygen atoms in total. The molecule has 0 saturated carbocycles. The number of ether oxygens (including phenoxy) is 2. The van der Waals surface area contributed by atoms with Crippen molar-refractivity contribution in [2.45, 2.75) is 58.2 Å². The molecule has 0 atom stereocenters. The van der Waals surface area contributed by atoms with E-state index in [1.807, 2.05) is 4.90 Å². The molecule has 0 bridgehead atoms. The fraction of sp³-hybridized carbons (Fsp3) is 0.933. The Balaban J connectivity index is 1.86. The van der Waals surface area contributed by atoms with E-state index >= 15 is 0 Å². The quantitative estimate of drug-likeness (QED) is 0.770. The monoisotopic (exact) mass is 269 g/mol. The molecule has 0 radical (unpaired) electrons. The minimum atomic E-state index is -0.373. The Morgan fingerprint density at radius 3 is 2.11 bits per heavy atom. The molecule has 19 heavy (non-hydrogen) atoms. The molecule has 0 aromatic rings. The van der Waals surface area contributed by atoms with Gasteiger partial charge in [-0.1, -0.05) is 26.7 Å². The fourth-order valence-electron chi connectivity index (χ4n) is 3.20. The molecule has 0 N–H and O–H groups in total. The number of nitrogens with zero attached hydrogens (tertiary/aromatic N) is 1. The van der Waals surface area contributed by atoms with Crippen molar-refractivity contribution in [3.05, 3.63) is 0 Å². The summed E-state index contributed by atoms with van der Waals surface area (Å²) in [5, 5.41) is 0. The summed E-state index contributed by atoms with van der Waals surface area (Å²) in [7, 11) is 0. The van der Waals surface area contributed by atoms with Crippen LogP contribution in [0.25, 0.3) is 0 Å². The molecule has 1 spiro atoms. The van der Waals surface area contributed by atoms with Gasteiger partial charge in [-0.05, 0) is 12.8 Å². The number of carbonyl (C=O) groups is 1. The Bertz CT molecular complexity index is 284. The number of hydrogen-bond acceptors (Lipinski definition) is 3. The summed E-state index contributed by atoms with van der Waals surface area (Å²) in [5.74, 6) is 0.188. The molecule has 2 rings (SSSR count). The number of carbonyl (C=O) groups excluding carboxylic acids is 1. The maximum atomic E-state index is 12.5. The maximum absolute atomic E-state index is 12.5. The van der Waals surface area contributed by atoms with Crippen molar-refractivity contribution >= 4 is 5.91 Å². The smallest absolute Gasteiger partial charge is 0.225 e. The Morgan fingerprint density at radius 2 is 1.63 bits per heavy atom. The predicted octanol–water partition coefficient (Wildman–Crippen LogP) is 2.57. The largest absolute Gasteiger partial charge is 0.347 e. The topological polar surface area (TPSA) is 38.8 Å². The van der Waals surface area contributed by atoms with Crippen LogP contribution < -0.4 is 0 Å². The van der Waals surface area contributed by atoms with Gasteiger partial charge in [0, 0.05) is 31.8 Å². The molecule has 2 heterocycles. The van der Waals surface area contributed by atoms with E-state index in [-0.39, 0.29) is 11.7 Å². The van der Waals surface area contributed by atoms with Gasteiger partial charge < -0.3 is 14.4 Å². The van der Waals surface area contributed by atoms with Crippen LogP contribution in [0.4, 0.5) is 0 Å². The molecule has 2 aliphatic rings. The van der Waals surface area contributed by atoms with Crippen molar-refractivity contribution in [3.63, 3.8) is 0 Å². The summed E-state index contributed by atoms with van der Waals surface area (Å²) in [6.45, 7) is 7.26. The van der Waals surface area contributed by atoms with Gasteiger partial charge in [-0.25, -0.2) is 0 Å². The van der Waals surface area contributed by atoms with Crippen LogP contribution in [-0.4, -0.2) is 42.9 Å². The SMILES string of the molecule is CCCC(CCC)C(=O)N1CCC2(CC1)OCCO2. The summed E-state index contributed by atoms with van der Waals surface area (Å²) in [5.41, 5.74) is 0. The zero-order chi connectivity index (χ0) is 13.7. The molecule has 110 valence electrons. The van der Waals surface area contributed by atoms with E-state index in [1.54, 1.807) is 0 Å². The number of likely N-dealkylation sites (tertiary alicyclic amines) is 1. The fourth-order valence-corrected chi connectivity index (χ4v) is 3.20. The summed E-state index contributed by atoms with van der Waals surface area (Å²) in [6.07, 6.45) is 5.84. The highest BCUT2D eigenvalue weighted by Gasteiger charge is 2.41. The van der Waals surface area contributed by atoms with Crippen LogP contribution in [0.1, 0.15) is 52.4 Å². The van der Waals surface area contributed by atoms with Crippen molar-refractivity contribution in [2.75, 3.05) is 26.3 Å². The predicted molar refractivity (Wildman–Crippen MR) is 73.8 cm³/mol. The van der Waals surface area contributed by atoms with Crippen molar-refractivity contribution in [1.82, 2.24) is 4.90 Å². The van der Waals surface area contributed by atoms with Gasteiger partial charge in [0.15, 0.2) is 5.79 Å². The summed E-state index contributed by atoms with van der Waals surface area (Å²) in [6, 6.07) is 0. The van der Waals surface area contributed by atoms with Crippen LogP contribution in [-0.2, 0) is 14.3 Å². The second-order valence-electron chi connectivity index (χ2n) is 5.71. The average Bonchev–Trinajstić information content (AvgIpc) is 2.87. The molecule has 0 aromatic carbocycles. The van der Waals surface area contributed by atoms with Gasteiger partial charge in [-0.2, -0.15) is 0 Å². The van der Waals surface area contributed by atoms with Crippen molar-refractivity contribution < 1.29 is 14.3 Å². The van der Waals surface area contributed by atoms with Gasteiger partial charge in [0.2, 0.25) is 5.91 Å². The van der Waals surface area contributed by atoms with Gasteiger partial charge in [0.1, 0.15) is 0 Å². The minimum Gasteiger partial charge on any atom is -0.347 e. The number of piperidine rings is 1. The Labute approximate surface area is 116 Å². The molecule has 0 aliphatic carbocycles. The third kappa shape index (κ3) is 3.48. The molecule has 0 unspecified atom stereocenters. The van der Waals surface area contributed by atoms with Gasteiger partial charge in [0.25, 0.3) is 0 Å². The zero-order valence-corrected chi connectivity index (χ0v) is 12.3. The lowest BCUT2D eigenvalue weighted by Crippen LogP contribution is -2.48. The first-order valence-corrected chi connectivity index (χ1v) is 7.77. The molecule has 2 fully saturated rings. The highest BCUT2D eigenvalue weighted by molar-refractivity contribution is 5.78. The van der Waals surface area contributed by atoms with E-state index in [0.29, 0.717) is 19.1 Å². The number of hydrogen-bond donors (Lipinski definition) is 0. The van der Waals surface area contributed by atoms with Crippen molar-refractivity contribution in [2.24, 2.45) is 5.92 Å². The second-order valence-corrected chi connectivity index (χ2v) is 5.71. The van der Waals surface area contributed by atoms with E-state index < -0.39 is 0 Å². The lowest BCUT2D eigenvalue weighted by molar-refractivity contribution is -0.188. The van der Waals surface area contributed by atoms with Crippen LogP contribution in [0.5, 0.6) is 0 Å². The molecule has 0 aromatic heterocycles. The standard InChI is InChI=1S/C15H27NO3/c1-3-5-13(6-4-2)14(17)16-9-7-15(8-10-16)18-11-12-19-15/h13H,3-12H2,1-2H3. The maximum Gasteiger partial charge on any atom is 0.225 e. The lowest BCUT2D eigenvalue weighted by Gasteiger charge is -2.38. The van der Waals surface area contributed by atoms with Gasteiger partial charge in [0.05, 0.1) is 13.2 Å². The second kappa shape index (κ2) is 6.71. The number of amides is 1. The van der Waals surface area contributed by atoms with Crippen LogP contribution in [0, 0.1) is 5.92 Å². The Morgan fingerprint density at radius 1 is 1.11 bits per heavy atom.